The third-order valence-electron chi connectivity index (χ3n) is 5.18. The minimum atomic E-state index is -5.15. The van der Waals surface area contributed by atoms with Crippen molar-refractivity contribution in [3.63, 3.8) is 0 Å². The molecule has 11 nitrogen and oxygen atoms in total. The molecule has 3 aromatic carbocycles. The van der Waals surface area contributed by atoms with Crippen LogP contribution in [0.25, 0.3) is 12.2 Å². The Morgan fingerprint density at radius 1 is 0.737 bits per heavy atom. The highest BCUT2D eigenvalue weighted by Crippen LogP contribution is 2.50. The summed E-state index contributed by atoms with van der Waals surface area (Å²) in [5.41, 5.74) is 1.50. The number of phosphoric ester groups is 1. The highest BCUT2D eigenvalue weighted by atomic mass is 32.2. The molecule has 0 aliphatic carbocycles. The van der Waals surface area contributed by atoms with E-state index in [1.165, 1.54) is 58.8 Å². The maximum Gasteiger partial charge on any atom is 0.525 e. The molecular formula is C25H27O11PS. The predicted octanol–water partition coefficient (Wildman–Crippen LogP) is 4.44. The average Bonchev–Trinajstić information content (AvgIpc) is 2.87. The second-order valence-corrected chi connectivity index (χ2v) is 10.4. The van der Waals surface area contributed by atoms with Gasteiger partial charge in [-0.05, 0) is 48.9 Å². The van der Waals surface area contributed by atoms with E-state index in [-0.39, 0.29) is 16.2 Å². The van der Waals surface area contributed by atoms with Crippen molar-refractivity contribution in [2.75, 3.05) is 28.4 Å². The van der Waals surface area contributed by atoms with Crippen molar-refractivity contribution >= 4 is 30.1 Å². The van der Waals surface area contributed by atoms with Crippen LogP contribution in [-0.2, 0) is 14.7 Å². The normalized spacial score (nSPS) is 11.8. The number of rotatable bonds is 11. The lowest BCUT2D eigenvalue weighted by Gasteiger charge is -2.18. The maximum absolute atomic E-state index is 13.1. The van der Waals surface area contributed by atoms with Crippen molar-refractivity contribution in [1.29, 1.82) is 0 Å². The van der Waals surface area contributed by atoms with E-state index in [9.17, 15) is 22.8 Å². The second-order valence-electron chi connectivity index (χ2n) is 7.74. The molecule has 0 amide bonds. The number of phosphoric acid groups is 1. The minimum absolute atomic E-state index is 0.110. The summed E-state index contributed by atoms with van der Waals surface area (Å²) in [5.74, 6) is -0.106. The SMILES string of the molecule is COc1cc(/C=C/c2ccc(OC)c(OP(=O)(O)O)c2OS(=O)(=O)c2ccc(C)cc2)cc(OC)c1OC. The summed E-state index contributed by atoms with van der Waals surface area (Å²) in [5, 5.41) is 0. The van der Waals surface area contributed by atoms with Crippen LogP contribution in [0.4, 0.5) is 0 Å². The molecule has 0 saturated carbocycles. The monoisotopic (exact) mass is 566 g/mol. The van der Waals surface area contributed by atoms with Crippen LogP contribution in [-0.4, -0.2) is 46.6 Å². The number of hydrogen-bond acceptors (Lipinski definition) is 9. The Balaban J connectivity index is 2.18. The molecule has 13 heteroatoms. The van der Waals surface area contributed by atoms with Gasteiger partial charge in [0.15, 0.2) is 23.0 Å². The number of methoxy groups -OCH3 is 4. The van der Waals surface area contributed by atoms with Gasteiger partial charge in [-0.2, -0.15) is 8.42 Å². The molecule has 0 aromatic heterocycles. The Bertz CT molecular complexity index is 1450. The molecule has 3 rings (SSSR count). The number of ether oxygens (including phenoxy) is 4. The molecule has 0 radical (unpaired) electrons. The van der Waals surface area contributed by atoms with Gasteiger partial charge in [-0.15, -0.1) is 0 Å². The molecular weight excluding hydrogens is 539 g/mol. The Morgan fingerprint density at radius 2 is 1.32 bits per heavy atom. The smallest absolute Gasteiger partial charge is 0.493 e. The molecule has 0 unspecified atom stereocenters. The first kappa shape index (κ1) is 28.9. The lowest BCUT2D eigenvalue weighted by molar-refractivity contribution is 0.273. The average molecular weight is 567 g/mol. The van der Waals surface area contributed by atoms with Crippen LogP contribution in [0.2, 0.25) is 0 Å². The molecule has 0 aliphatic rings. The Labute approximate surface area is 220 Å². The van der Waals surface area contributed by atoms with Crippen molar-refractivity contribution in [3.8, 4) is 34.5 Å². The van der Waals surface area contributed by atoms with Gasteiger partial charge in [-0.1, -0.05) is 29.8 Å². The summed E-state index contributed by atoms with van der Waals surface area (Å²) in [6.07, 6.45) is 3.05. The van der Waals surface area contributed by atoms with E-state index in [2.05, 4.69) is 0 Å². The summed E-state index contributed by atoms with van der Waals surface area (Å²) in [6, 6.07) is 12.0. The van der Waals surface area contributed by atoms with Crippen LogP contribution in [0, 0.1) is 6.92 Å². The summed E-state index contributed by atoms with van der Waals surface area (Å²) in [4.78, 5) is 18.8. The topological polar surface area (TPSA) is 147 Å². The minimum Gasteiger partial charge on any atom is -0.493 e. The molecule has 204 valence electrons. The van der Waals surface area contributed by atoms with Gasteiger partial charge in [0.2, 0.25) is 11.5 Å². The van der Waals surface area contributed by atoms with Crippen LogP contribution in [0.3, 0.4) is 0 Å². The molecule has 0 aliphatic heterocycles. The third-order valence-corrected chi connectivity index (χ3v) is 6.84. The van der Waals surface area contributed by atoms with E-state index in [4.69, 9.17) is 27.7 Å². The second kappa shape index (κ2) is 11.8. The van der Waals surface area contributed by atoms with E-state index in [1.807, 2.05) is 0 Å². The zero-order valence-electron chi connectivity index (χ0n) is 21.2. The predicted molar refractivity (Wildman–Crippen MR) is 140 cm³/mol. The zero-order valence-corrected chi connectivity index (χ0v) is 22.9. The number of hydrogen-bond donors (Lipinski definition) is 2. The summed E-state index contributed by atoms with van der Waals surface area (Å²) >= 11 is 0. The highest BCUT2D eigenvalue weighted by Gasteiger charge is 2.29. The maximum atomic E-state index is 13.1. The van der Waals surface area contributed by atoms with E-state index in [0.717, 1.165) is 5.56 Å². The number of aryl methyl sites for hydroxylation is 1. The van der Waals surface area contributed by atoms with Crippen LogP contribution < -0.4 is 27.7 Å². The quantitative estimate of drug-likeness (QED) is 0.193. The van der Waals surface area contributed by atoms with Gasteiger partial charge in [0, 0.05) is 5.56 Å². The lowest BCUT2D eigenvalue weighted by Crippen LogP contribution is -2.12. The fraction of sp³-hybridized carbons (Fsp3) is 0.200. The van der Waals surface area contributed by atoms with Crippen LogP contribution in [0.1, 0.15) is 16.7 Å². The Hall–Kier alpha value is -3.70. The number of benzene rings is 3. The standard InChI is InChI=1S/C25H27O11PS/c1-16-6-11-19(12-7-16)38(29,30)36-23-18(10-13-20(31-2)25(23)35-37(26,27)28)9-8-17-14-21(32-3)24(34-5)22(15-17)33-4/h6-15H,1-5H3,(H2,26,27,28)/b9-8+. The molecule has 0 spiro atoms. The van der Waals surface area contributed by atoms with Gasteiger partial charge in [0.25, 0.3) is 0 Å². The molecule has 0 atom stereocenters. The van der Waals surface area contributed by atoms with Crippen molar-refractivity contribution in [3.05, 3.63) is 65.2 Å². The molecule has 0 bridgehead atoms. The van der Waals surface area contributed by atoms with Crippen molar-refractivity contribution < 1.29 is 50.4 Å². The first-order valence-electron chi connectivity index (χ1n) is 10.9. The van der Waals surface area contributed by atoms with Gasteiger partial charge in [-0.3, -0.25) is 9.79 Å². The molecule has 2 N–H and O–H groups in total. The van der Waals surface area contributed by atoms with E-state index in [1.54, 1.807) is 37.3 Å². The van der Waals surface area contributed by atoms with Crippen LogP contribution in [0.5, 0.6) is 34.5 Å². The highest BCUT2D eigenvalue weighted by molar-refractivity contribution is 7.87. The first-order chi connectivity index (χ1) is 17.9. The van der Waals surface area contributed by atoms with Gasteiger partial charge >= 0.3 is 17.9 Å². The van der Waals surface area contributed by atoms with Crippen molar-refractivity contribution in [2.45, 2.75) is 11.8 Å². The van der Waals surface area contributed by atoms with Gasteiger partial charge in [-0.25, -0.2) is 4.57 Å². The van der Waals surface area contributed by atoms with Gasteiger partial charge in [0.1, 0.15) is 4.90 Å². The van der Waals surface area contributed by atoms with E-state index >= 15 is 0 Å². The molecule has 0 fully saturated rings. The van der Waals surface area contributed by atoms with E-state index in [0.29, 0.717) is 22.8 Å². The first-order valence-corrected chi connectivity index (χ1v) is 13.8. The summed E-state index contributed by atoms with van der Waals surface area (Å²) < 4.78 is 69.4. The third kappa shape index (κ3) is 6.78. The molecule has 3 aromatic rings. The lowest BCUT2D eigenvalue weighted by atomic mass is 10.1. The largest absolute Gasteiger partial charge is 0.525 e. The zero-order chi connectivity index (χ0) is 28.1. The van der Waals surface area contributed by atoms with Crippen molar-refractivity contribution in [1.82, 2.24) is 0 Å². The fourth-order valence-corrected chi connectivity index (χ4v) is 4.76. The van der Waals surface area contributed by atoms with Crippen LogP contribution in [0.15, 0.2) is 53.4 Å². The molecule has 0 saturated heterocycles. The van der Waals surface area contributed by atoms with Crippen molar-refractivity contribution in [2.24, 2.45) is 0 Å². The Morgan fingerprint density at radius 3 is 1.82 bits per heavy atom. The summed E-state index contributed by atoms with van der Waals surface area (Å²) in [7, 11) is -3.99. The fourth-order valence-electron chi connectivity index (χ4n) is 3.39. The molecule has 0 heterocycles. The van der Waals surface area contributed by atoms with E-state index < -0.39 is 29.4 Å². The van der Waals surface area contributed by atoms with Gasteiger partial charge in [0.05, 0.1) is 28.4 Å². The summed E-state index contributed by atoms with van der Waals surface area (Å²) in [6.45, 7) is 1.79. The molecule has 38 heavy (non-hydrogen) atoms. The van der Waals surface area contributed by atoms with Crippen LogP contribution >= 0.6 is 7.82 Å². The Kier molecular flexibility index (Phi) is 8.95. The van der Waals surface area contributed by atoms with Gasteiger partial charge < -0.3 is 27.7 Å².